The lowest BCUT2D eigenvalue weighted by Crippen LogP contribution is -2.51. The summed E-state index contributed by atoms with van der Waals surface area (Å²) in [6.07, 6.45) is 2.63. The topological polar surface area (TPSA) is 117 Å². The number of carbonyl (C=O) groups is 2. The van der Waals surface area contributed by atoms with Crippen molar-refractivity contribution in [3.05, 3.63) is 17.9 Å². The number of hydrogen-bond donors (Lipinski definition) is 1. The second-order valence-corrected chi connectivity index (χ2v) is 8.30. The number of carbonyl (C=O) groups excluding carboxylic acids is 1. The van der Waals surface area contributed by atoms with Gasteiger partial charge < -0.3 is 19.2 Å². The normalized spacial score (nSPS) is 24.7. The maximum Gasteiger partial charge on any atom is 0.371 e. The first-order valence-electron chi connectivity index (χ1n) is 8.51. The van der Waals surface area contributed by atoms with E-state index in [0.717, 1.165) is 29.3 Å². The number of carboxylic acids is 1. The first-order chi connectivity index (χ1) is 12.3. The molecule has 2 atom stereocenters. The van der Waals surface area contributed by atoms with E-state index in [4.69, 9.17) is 14.3 Å². The van der Waals surface area contributed by atoms with Gasteiger partial charge in [-0.1, -0.05) is 0 Å². The summed E-state index contributed by atoms with van der Waals surface area (Å²) in [5.41, 5.74) is 0. The number of hydrogen-bond acceptors (Lipinski definition) is 6. The molecule has 0 aliphatic carbocycles. The van der Waals surface area contributed by atoms with Crippen molar-refractivity contribution in [2.24, 2.45) is 0 Å². The molecule has 0 aromatic carbocycles. The average molecular weight is 386 g/mol. The molecular formula is C16H22N2O7S. The zero-order valence-electron chi connectivity index (χ0n) is 14.5. The Morgan fingerprint density at radius 3 is 2.62 bits per heavy atom. The first kappa shape index (κ1) is 18.9. The molecule has 2 unspecified atom stereocenters. The monoisotopic (exact) mass is 386 g/mol. The van der Waals surface area contributed by atoms with E-state index in [9.17, 15) is 18.0 Å². The van der Waals surface area contributed by atoms with Gasteiger partial charge in [0.2, 0.25) is 16.8 Å². The molecule has 0 bridgehead atoms. The number of furan rings is 1. The minimum Gasteiger partial charge on any atom is -0.475 e. The Balaban J connectivity index is 1.80. The van der Waals surface area contributed by atoms with Gasteiger partial charge in [0.15, 0.2) is 0 Å². The minimum atomic E-state index is -4.08. The van der Waals surface area contributed by atoms with Crippen LogP contribution in [0.3, 0.4) is 0 Å². The highest BCUT2D eigenvalue weighted by atomic mass is 32.2. The summed E-state index contributed by atoms with van der Waals surface area (Å²) in [5, 5.41) is 8.46. The van der Waals surface area contributed by atoms with Crippen LogP contribution in [0.5, 0.6) is 0 Å². The van der Waals surface area contributed by atoms with E-state index in [-0.39, 0.29) is 18.6 Å². The molecule has 1 aromatic heterocycles. The van der Waals surface area contributed by atoms with E-state index in [0.29, 0.717) is 25.9 Å². The van der Waals surface area contributed by atoms with Crippen molar-refractivity contribution in [3.8, 4) is 0 Å². The van der Waals surface area contributed by atoms with Crippen molar-refractivity contribution in [2.75, 3.05) is 26.7 Å². The zero-order chi connectivity index (χ0) is 18.9. The van der Waals surface area contributed by atoms with E-state index < -0.39 is 32.9 Å². The van der Waals surface area contributed by atoms with Gasteiger partial charge in [0, 0.05) is 26.7 Å². The molecule has 0 radical (unpaired) electrons. The number of carboxylic acid groups (broad SMARTS) is 1. The van der Waals surface area contributed by atoms with Gasteiger partial charge in [-0.05, 0) is 37.8 Å². The van der Waals surface area contributed by atoms with Crippen molar-refractivity contribution < 1.29 is 32.3 Å². The Labute approximate surface area is 151 Å². The van der Waals surface area contributed by atoms with Crippen molar-refractivity contribution in [1.29, 1.82) is 0 Å². The molecule has 2 aliphatic heterocycles. The van der Waals surface area contributed by atoms with Crippen molar-refractivity contribution >= 4 is 21.9 Å². The number of likely N-dealkylation sites (tertiary alicyclic amines) is 1. The van der Waals surface area contributed by atoms with E-state index >= 15 is 0 Å². The summed E-state index contributed by atoms with van der Waals surface area (Å²) in [6.45, 7) is 1.22. The van der Waals surface area contributed by atoms with Crippen LogP contribution < -0.4 is 0 Å². The van der Waals surface area contributed by atoms with Crippen LogP contribution in [-0.4, -0.2) is 73.5 Å². The van der Waals surface area contributed by atoms with E-state index in [1.807, 2.05) is 0 Å². The SMILES string of the molecule is COC1CCCN(C(=O)C2CCCN2S(=O)(=O)c2ccc(C(=O)O)o2)C1. The van der Waals surface area contributed by atoms with Gasteiger partial charge in [0.1, 0.15) is 6.04 Å². The van der Waals surface area contributed by atoms with Crippen LogP contribution in [0.2, 0.25) is 0 Å². The lowest BCUT2D eigenvalue weighted by molar-refractivity contribution is -0.138. The maximum absolute atomic E-state index is 12.9. The Morgan fingerprint density at radius 2 is 1.96 bits per heavy atom. The van der Waals surface area contributed by atoms with Crippen LogP contribution in [0.15, 0.2) is 21.6 Å². The molecule has 10 heteroatoms. The molecule has 1 amide bonds. The number of rotatable bonds is 5. The zero-order valence-corrected chi connectivity index (χ0v) is 15.3. The third-order valence-corrected chi connectivity index (χ3v) is 6.65. The van der Waals surface area contributed by atoms with Crippen molar-refractivity contribution in [1.82, 2.24) is 9.21 Å². The largest absolute Gasteiger partial charge is 0.475 e. The summed E-state index contributed by atoms with van der Waals surface area (Å²) in [7, 11) is -2.48. The predicted octanol–water partition coefficient (Wildman–Crippen LogP) is 0.768. The molecule has 144 valence electrons. The smallest absolute Gasteiger partial charge is 0.371 e. The Kier molecular flexibility index (Phi) is 5.35. The summed E-state index contributed by atoms with van der Waals surface area (Å²) in [4.78, 5) is 25.5. The lowest BCUT2D eigenvalue weighted by Gasteiger charge is -2.35. The molecule has 26 heavy (non-hydrogen) atoms. The molecule has 3 rings (SSSR count). The highest BCUT2D eigenvalue weighted by Crippen LogP contribution is 2.29. The molecule has 9 nitrogen and oxygen atoms in total. The van der Waals surface area contributed by atoms with Gasteiger partial charge in [-0.2, -0.15) is 4.31 Å². The summed E-state index contributed by atoms with van der Waals surface area (Å²) in [5.74, 6) is -2.04. The predicted molar refractivity (Wildman–Crippen MR) is 89.2 cm³/mol. The summed E-state index contributed by atoms with van der Waals surface area (Å²) < 4.78 is 37.1. The molecule has 0 spiro atoms. The molecule has 0 saturated carbocycles. The summed E-state index contributed by atoms with van der Waals surface area (Å²) >= 11 is 0. The summed E-state index contributed by atoms with van der Waals surface area (Å²) in [6, 6.07) is 1.41. The van der Waals surface area contributed by atoms with E-state index in [2.05, 4.69) is 0 Å². The quantitative estimate of drug-likeness (QED) is 0.794. The van der Waals surface area contributed by atoms with Crippen LogP contribution in [0.25, 0.3) is 0 Å². The fourth-order valence-corrected chi connectivity index (χ4v) is 5.07. The third-order valence-electron chi connectivity index (χ3n) is 4.87. The van der Waals surface area contributed by atoms with Crippen LogP contribution >= 0.6 is 0 Å². The van der Waals surface area contributed by atoms with Gasteiger partial charge in [-0.15, -0.1) is 0 Å². The third kappa shape index (κ3) is 3.49. The molecular weight excluding hydrogens is 364 g/mol. The van der Waals surface area contributed by atoms with Crippen LogP contribution in [-0.2, 0) is 19.6 Å². The maximum atomic E-state index is 12.9. The fraction of sp³-hybridized carbons (Fsp3) is 0.625. The first-order valence-corrected chi connectivity index (χ1v) is 9.95. The van der Waals surface area contributed by atoms with Gasteiger partial charge in [-0.25, -0.2) is 13.2 Å². The van der Waals surface area contributed by atoms with Crippen molar-refractivity contribution in [3.63, 3.8) is 0 Å². The van der Waals surface area contributed by atoms with Gasteiger partial charge >= 0.3 is 5.97 Å². The van der Waals surface area contributed by atoms with E-state index in [1.165, 1.54) is 0 Å². The molecule has 1 N–H and O–H groups in total. The highest BCUT2D eigenvalue weighted by Gasteiger charge is 2.43. The number of amides is 1. The second kappa shape index (κ2) is 7.37. The Morgan fingerprint density at radius 1 is 1.23 bits per heavy atom. The number of methoxy groups -OCH3 is 1. The van der Waals surface area contributed by atoms with Crippen LogP contribution in [0, 0.1) is 0 Å². The van der Waals surface area contributed by atoms with Crippen LogP contribution in [0.4, 0.5) is 0 Å². The average Bonchev–Trinajstić information content (AvgIpc) is 3.31. The van der Waals surface area contributed by atoms with Crippen molar-refractivity contribution in [2.45, 2.75) is 42.9 Å². The number of nitrogens with zero attached hydrogens (tertiary/aromatic N) is 2. The minimum absolute atomic E-state index is 0.0395. The second-order valence-electron chi connectivity index (χ2n) is 6.48. The van der Waals surface area contributed by atoms with Gasteiger partial charge in [0.25, 0.3) is 10.0 Å². The standard InChI is InChI=1S/C16H22N2O7S/c1-24-11-4-2-8-17(10-11)15(19)12-5-3-9-18(12)26(22,23)14-7-6-13(25-14)16(20)21/h6-7,11-12H,2-5,8-10H2,1H3,(H,20,21). The molecule has 1 aromatic rings. The fourth-order valence-electron chi connectivity index (χ4n) is 3.51. The number of aromatic carboxylic acids is 1. The van der Waals surface area contributed by atoms with Crippen LogP contribution in [0.1, 0.15) is 36.2 Å². The molecule has 2 saturated heterocycles. The Hall–Kier alpha value is -1.91. The lowest BCUT2D eigenvalue weighted by atomic mass is 10.1. The Bertz CT molecular complexity index is 788. The molecule has 2 aliphatic rings. The van der Waals surface area contributed by atoms with Gasteiger partial charge in [0.05, 0.1) is 6.10 Å². The molecule has 3 heterocycles. The number of ether oxygens (including phenoxy) is 1. The number of piperidine rings is 1. The van der Waals surface area contributed by atoms with Gasteiger partial charge in [-0.3, -0.25) is 4.79 Å². The highest BCUT2D eigenvalue weighted by molar-refractivity contribution is 7.89. The number of sulfonamides is 1. The van der Waals surface area contributed by atoms with E-state index in [1.54, 1.807) is 12.0 Å². The molecule has 2 fully saturated rings.